The lowest BCUT2D eigenvalue weighted by molar-refractivity contribution is 0.0782. The first-order chi connectivity index (χ1) is 9.65. The monoisotopic (exact) mass is 270 g/mol. The third kappa shape index (κ3) is 2.52. The van der Waals surface area contributed by atoms with Gasteiger partial charge >= 0.3 is 0 Å². The summed E-state index contributed by atoms with van der Waals surface area (Å²) < 4.78 is 1.65. The number of nitrogens with two attached hydrogens (primary N) is 1. The third-order valence-electron chi connectivity index (χ3n) is 3.57. The summed E-state index contributed by atoms with van der Waals surface area (Å²) >= 11 is 0. The van der Waals surface area contributed by atoms with E-state index in [0.717, 1.165) is 12.2 Å². The number of carbonyl (C=O) groups excluding carboxylic acids is 1. The van der Waals surface area contributed by atoms with Crippen LogP contribution in [0.2, 0.25) is 0 Å². The van der Waals surface area contributed by atoms with Gasteiger partial charge in [-0.1, -0.05) is 12.1 Å². The summed E-state index contributed by atoms with van der Waals surface area (Å²) in [5.74, 6) is 0.640. The Morgan fingerprint density at radius 1 is 1.40 bits per heavy atom. The van der Waals surface area contributed by atoms with Gasteiger partial charge in [0.15, 0.2) is 5.69 Å². The van der Waals surface area contributed by atoms with Gasteiger partial charge in [-0.15, -0.1) is 0 Å². The van der Waals surface area contributed by atoms with Gasteiger partial charge in [-0.3, -0.25) is 4.79 Å². The number of aromatic nitrogens is 2. The summed E-state index contributed by atoms with van der Waals surface area (Å²) in [7, 11) is 1.83. The number of rotatable bonds is 4. The molecule has 2 aromatic rings. The van der Waals surface area contributed by atoms with Crippen molar-refractivity contribution in [3.05, 3.63) is 42.2 Å². The van der Waals surface area contributed by atoms with Gasteiger partial charge in [0, 0.05) is 19.8 Å². The number of nitrogens with zero attached hydrogens (tertiary/aromatic N) is 3. The summed E-state index contributed by atoms with van der Waals surface area (Å²) in [6.45, 7) is 0.819. The van der Waals surface area contributed by atoms with Crippen LogP contribution in [-0.2, 0) is 0 Å². The van der Waals surface area contributed by atoms with Crippen LogP contribution in [0.3, 0.4) is 0 Å². The van der Waals surface area contributed by atoms with Crippen molar-refractivity contribution in [2.45, 2.75) is 12.8 Å². The normalized spacial score (nSPS) is 14.2. The number of carbonyl (C=O) groups is 1. The fraction of sp³-hybridized carbons (Fsp3) is 0.333. The largest absolute Gasteiger partial charge is 0.397 e. The molecule has 1 heterocycles. The van der Waals surface area contributed by atoms with Crippen molar-refractivity contribution < 1.29 is 4.79 Å². The van der Waals surface area contributed by atoms with Crippen LogP contribution in [0.25, 0.3) is 5.69 Å². The molecule has 2 N–H and O–H groups in total. The van der Waals surface area contributed by atoms with Gasteiger partial charge in [0.2, 0.25) is 0 Å². The maximum absolute atomic E-state index is 12.3. The molecule has 1 aliphatic carbocycles. The minimum atomic E-state index is -0.0369. The molecule has 5 nitrogen and oxygen atoms in total. The van der Waals surface area contributed by atoms with Crippen molar-refractivity contribution in [3.63, 3.8) is 0 Å². The van der Waals surface area contributed by atoms with Crippen molar-refractivity contribution in [1.82, 2.24) is 14.7 Å². The van der Waals surface area contributed by atoms with Crippen molar-refractivity contribution in [2.75, 3.05) is 19.3 Å². The molecule has 0 saturated heterocycles. The summed E-state index contributed by atoms with van der Waals surface area (Å²) in [4.78, 5) is 14.0. The zero-order valence-electron chi connectivity index (χ0n) is 11.5. The van der Waals surface area contributed by atoms with Gasteiger partial charge in [-0.25, -0.2) is 4.68 Å². The number of anilines is 1. The molecule has 1 saturated carbocycles. The van der Waals surface area contributed by atoms with E-state index in [1.54, 1.807) is 21.8 Å². The number of benzene rings is 1. The topological polar surface area (TPSA) is 64.2 Å². The van der Waals surface area contributed by atoms with E-state index < -0.39 is 0 Å². The first-order valence-electron chi connectivity index (χ1n) is 6.81. The highest BCUT2D eigenvalue weighted by atomic mass is 16.2. The second-order valence-electron chi connectivity index (χ2n) is 5.33. The van der Waals surface area contributed by atoms with Gasteiger partial charge in [-0.05, 0) is 37.0 Å². The Hall–Kier alpha value is -2.30. The van der Waals surface area contributed by atoms with Crippen molar-refractivity contribution in [2.24, 2.45) is 5.92 Å². The first kappa shape index (κ1) is 12.7. The molecular formula is C15H18N4O. The number of amides is 1. The van der Waals surface area contributed by atoms with Gasteiger partial charge in [0.05, 0.1) is 11.4 Å². The van der Waals surface area contributed by atoms with Crippen LogP contribution < -0.4 is 5.73 Å². The molecule has 1 fully saturated rings. The highest BCUT2D eigenvalue weighted by Crippen LogP contribution is 2.29. The Bertz CT molecular complexity index is 630. The molecule has 1 amide bonds. The van der Waals surface area contributed by atoms with E-state index in [2.05, 4.69) is 5.10 Å². The Morgan fingerprint density at radius 3 is 2.85 bits per heavy atom. The molecule has 0 radical (unpaired) electrons. The highest BCUT2D eigenvalue weighted by molar-refractivity contribution is 5.92. The molecule has 0 aliphatic heterocycles. The molecule has 104 valence electrons. The zero-order valence-corrected chi connectivity index (χ0v) is 11.5. The average Bonchev–Trinajstić information content (AvgIpc) is 3.12. The number of para-hydroxylation sites is 2. The molecule has 0 atom stereocenters. The molecule has 5 heteroatoms. The quantitative estimate of drug-likeness (QED) is 0.863. The highest BCUT2D eigenvalue weighted by Gasteiger charge is 2.26. The fourth-order valence-electron chi connectivity index (χ4n) is 2.23. The molecular weight excluding hydrogens is 252 g/mol. The van der Waals surface area contributed by atoms with E-state index in [9.17, 15) is 4.79 Å². The Balaban J connectivity index is 1.79. The summed E-state index contributed by atoms with van der Waals surface area (Å²) in [5.41, 5.74) is 7.80. The average molecular weight is 270 g/mol. The SMILES string of the molecule is CN(CC1CC1)C(=O)c1ccn(-c2ccccc2N)n1. The van der Waals surface area contributed by atoms with Crippen LogP contribution in [0.4, 0.5) is 5.69 Å². The Kier molecular flexibility index (Phi) is 3.18. The fourth-order valence-corrected chi connectivity index (χ4v) is 2.23. The van der Waals surface area contributed by atoms with Gasteiger partial charge in [0.25, 0.3) is 5.91 Å². The van der Waals surface area contributed by atoms with Gasteiger partial charge in [-0.2, -0.15) is 5.10 Å². The molecule has 0 unspecified atom stereocenters. The lowest BCUT2D eigenvalue weighted by atomic mass is 10.3. The zero-order chi connectivity index (χ0) is 14.1. The van der Waals surface area contributed by atoms with E-state index in [1.165, 1.54) is 12.8 Å². The van der Waals surface area contributed by atoms with E-state index in [0.29, 0.717) is 17.3 Å². The lowest BCUT2D eigenvalue weighted by Crippen LogP contribution is -2.29. The van der Waals surface area contributed by atoms with E-state index in [4.69, 9.17) is 5.73 Å². The van der Waals surface area contributed by atoms with Gasteiger partial charge < -0.3 is 10.6 Å². The van der Waals surface area contributed by atoms with Crippen LogP contribution >= 0.6 is 0 Å². The second-order valence-corrected chi connectivity index (χ2v) is 5.33. The Morgan fingerprint density at radius 2 is 2.15 bits per heavy atom. The molecule has 3 rings (SSSR count). The second kappa shape index (κ2) is 5.00. The summed E-state index contributed by atoms with van der Waals surface area (Å²) in [5, 5.41) is 4.34. The predicted octanol–water partition coefficient (Wildman–Crippen LogP) is 1.94. The minimum absolute atomic E-state index is 0.0369. The maximum atomic E-state index is 12.3. The van der Waals surface area contributed by atoms with Crippen LogP contribution in [-0.4, -0.2) is 34.2 Å². The van der Waals surface area contributed by atoms with Crippen LogP contribution in [0.1, 0.15) is 23.3 Å². The molecule has 1 aliphatic rings. The Labute approximate surface area is 118 Å². The van der Waals surface area contributed by atoms with Gasteiger partial charge in [0.1, 0.15) is 0 Å². The summed E-state index contributed by atoms with van der Waals surface area (Å²) in [6.07, 6.45) is 4.23. The molecule has 1 aromatic heterocycles. The first-order valence-corrected chi connectivity index (χ1v) is 6.81. The predicted molar refractivity (Wildman–Crippen MR) is 77.7 cm³/mol. The summed E-state index contributed by atoms with van der Waals surface area (Å²) in [6, 6.07) is 9.20. The van der Waals surface area contributed by atoms with Crippen LogP contribution in [0.5, 0.6) is 0 Å². The lowest BCUT2D eigenvalue weighted by Gasteiger charge is -2.14. The standard InChI is InChI=1S/C15H18N4O/c1-18(10-11-6-7-11)15(20)13-8-9-19(17-13)14-5-3-2-4-12(14)16/h2-5,8-9,11H,6-7,10,16H2,1H3. The van der Waals surface area contributed by atoms with Crippen LogP contribution in [0, 0.1) is 5.92 Å². The van der Waals surface area contributed by atoms with Crippen LogP contribution in [0.15, 0.2) is 36.5 Å². The minimum Gasteiger partial charge on any atom is -0.397 e. The van der Waals surface area contributed by atoms with E-state index >= 15 is 0 Å². The number of nitrogen functional groups attached to an aromatic ring is 1. The third-order valence-corrected chi connectivity index (χ3v) is 3.57. The van der Waals surface area contributed by atoms with Crippen molar-refractivity contribution in [3.8, 4) is 5.69 Å². The van der Waals surface area contributed by atoms with Crippen molar-refractivity contribution in [1.29, 1.82) is 0 Å². The molecule has 0 bridgehead atoms. The molecule has 0 spiro atoms. The van der Waals surface area contributed by atoms with E-state index in [-0.39, 0.29) is 5.91 Å². The number of hydrogen-bond acceptors (Lipinski definition) is 3. The van der Waals surface area contributed by atoms with Crippen molar-refractivity contribution >= 4 is 11.6 Å². The van der Waals surface area contributed by atoms with E-state index in [1.807, 2.05) is 31.3 Å². The maximum Gasteiger partial charge on any atom is 0.274 e. The molecule has 20 heavy (non-hydrogen) atoms. The molecule has 1 aromatic carbocycles. The smallest absolute Gasteiger partial charge is 0.274 e. The number of hydrogen-bond donors (Lipinski definition) is 1.